The number of hydrogen-bond acceptors (Lipinski definition) is 2. The van der Waals surface area contributed by atoms with E-state index >= 15 is 0 Å². The number of hydrogen-bond donors (Lipinski definition) is 0. The summed E-state index contributed by atoms with van der Waals surface area (Å²) < 4.78 is 0. The lowest BCUT2D eigenvalue weighted by Gasteiger charge is -2.24. The topological polar surface area (TPSA) is 40.6 Å². The number of carbonyl (C=O) groups is 2. The van der Waals surface area contributed by atoms with Crippen LogP contribution >= 0.6 is 0 Å². The molecule has 2 aliphatic heterocycles. The number of likely N-dealkylation sites (tertiary alicyclic amines) is 1. The van der Waals surface area contributed by atoms with Crippen molar-refractivity contribution < 1.29 is 9.59 Å². The first-order chi connectivity index (χ1) is 10.2. The van der Waals surface area contributed by atoms with E-state index in [1.54, 1.807) is 0 Å². The van der Waals surface area contributed by atoms with E-state index < -0.39 is 0 Å². The molecule has 2 amide bonds. The van der Waals surface area contributed by atoms with Gasteiger partial charge in [0.25, 0.3) is 0 Å². The van der Waals surface area contributed by atoms with Gasteiger partial charge in [0.15, 0.2) is 0 Å². The van der Waals surface area contributed by atoms with Crippen LogP contribution in [-0.4, -0.2) is 36.3 Å². The number of benzene rings is 1. The normalized spacial score (nSPS) is 28.7. The Kier molecular flexibility index (Phi) is 2.81. The molecule has 1 aliphatic carbocycles. The molecule has 3 fully saturated rings. The molecule has 2 saturated heterocycles. The quantitative estimate of drug-likeness (QED) is 0.834. The van der Waals surface area contributed by atoms with Crippen molar-refractivity contribution in [1.29, 1.82) is 0 Å². The molecule has 1 unspecified atom stereocenters. The third kappa shape index (κ3) is 2.23. The third-order valence-corrected chi connectivity index (χ3v) is 5.07. The molecule has 1 aromatic carbocycles. The summed E-state index contributed by atoms with van der Waals surface area (Å²) in [6.07, 6.45) is 3.64. The first kappa shape index (κ1) is 12.9. The molecule has 0 radical (unpaired) electrons. The molecule has 0 N–H and O–H groups in total. The number of para-hydroxylation sites is 1. The maximum atomic E-state index is 12.4. The Labute approximate surface area is 124 Å². The molecule has 4 nitrogen and oxygen atoms in total. The summed E-state index contributed by atoms with van der Waals surface area (Å²) in [6.45, 7) is 2.34. The Bertz CT molecular complexity index is 582. The average Bonchev–Trinajstić information content (AvgIpc) is 3.20. The van der Waals surface area contributed by atoms with Crippen LogP contribution < -0.4 is 4.90 Å². The summed E-state index contributed by atoms with van der Waals surface area (Å²) in [5.41, 5.74) is 0.962. The van der Waals surface area contributed by atoms with Gasteiger partial charge >= 0.3 is 0 Å². The summed E-state index contributed by atoms with van der Waals surface area (Å²) in [5.74, 6) is 0.793. The van der Waals surface area contributed by atoms with Crippen LogP contribution in [0.15, 0.2) is 30.3 Å². The second-order valence-corrected chi connectivity index (χ2v) is 6.78. The van der Waals surface area contributed by atoms with E-state index in [9.17, 15) is 9.59 Å². The van der Waals surface area contributed by atoms with Gasteiger partial charge in [-0.2, -0.15) is 0 Å². The molecule has 110 valence electrons. The van der Waals surface area contributed by atoms with Crippen LogP contribution in [0.2, 0.25) is 0 Å². The number of rotatable bonds is 2. The van der Waals surface area contributed by atoms with Crippen molar-refractivity contribution >= 4 is 17.5 Å². The Hall–Kier alpha value is -1.84. The van der Waals surface area contributed by atoms with E-state index in [0.717, 1.165) is 44.6 Å². The van der Waals surface area contributed by atoms with E-state index in [-0.39, 0.29) is 17.2 Å². The van der Waals surface area contributed by atoms with Gasteiger partial charge in [0.1, 0.15) is 0 Å². The number of nitrogens with zero attached hydrogens (tertiary/aromatic N) is 2. The zero-order valence-electron chi connectivity index (χ0n) is 12.1. The van der Waals surface area contributed by atoms with Crippen LogP contribution in [-0.2, 0) is 9.59 Å². The summed E-state index contributed by atoms with van der Waals surface area (Å²) in [6, 6.07) is 9.86. The van der Waals surface area contributed by atoms with Gasteiger partial charge in [-0.15, -0.1) is 0 Å². The first-order valence-corrected chi connectivity index (χ1v) is 7.81. The molecular formula is C17H20N2O2. The average molecular weight is 284 g/mol. The molecule has 4 rings (SSSR count). The highest BCUT2D eigenvalue weighted by atomic mass is 16.2. The molecule has 1 saturated carbocycles. The molecule has 0 bridgehead atoms. The zero-order valence-corrected chi connectivity index (χ0v) is 12.1. The lowest BCUT2D eigenvalue weighted by molar-refractivity contribution is -0.132. The highest BCUT2D eigenvalue weighted by molar-refractivity contribution is 5.96. The second-order valence-electron chi connectivity index (χ2n) is 6.78. The zero-order chi connectivity index (χ0) is 14.4. The van der Waals surface area contributed by atoms with E-state index in [1.165, 1.54) is 0 Å². The highest BCUT2D eigenvalue weighted by Gasteiger charge is 2.50. The van der Waals surface area contributed by atoms with Gasteiger partial charge in [-0.25, -0.2) is 0 Å². The van der Waals surface area contributed by atoms with E-state index in [0.29, 0.717) is 12.3 Å². The van der Waals surface area contributed by atoms with Gasteiger partial charge in [-0.1, -0.05) is 18.2 Å². The van der Waals surface area contributed by atoms with E-state index in [2.05, 4.69) is 0 Å². The van der Waals surface area contributed by atoms with Crippen LogP contribution in [0.1, 0.15) is 25.7 Å². The fourth-order valence-electron chi connectivity index (χ4n) is 3.72. The number of carbonyl (C=O) groups excluding carboxylic acids is 2. The van der Waals surface area contributed by atoms with Crippen LogP contribution in [0, 0.1) is 11.3 Å². The third-order valence-electron chi connectivity index (χ3n) is 5.07. The van der Waals surface area contributed by atoms with Crippen LogP contribution in [0.4, 0.5) is 5.69 Å². The van der Waals surface area contributed by atoms with Gasteiger partial charge in [0.2, 0.25) is 11.8 Å². The van der Waals surface area contributed by atoms with Crippen molar-refractivity contribution in [3.63, 3.8) is 0 Å². The largest absolute Gasteiger partial charge is 0.342 e. The highest BCUT2D eigenvalue weighted by Crippen LogP contribution is 2.43. The molecule has 1 atom stereocenters. The van der Waals surface area contributed by atoms with Crippen molar-refractivity contribution in [3.05, 3.63) is 30.3 Å². The van der Waals surface area contributed by atoms with Crippen molar-refractivity contribution in [3.8, 4) is 0 Å². The minimum atomic E-state index is -0.0164. The molecule has 2 heterocycles. The standard InChI is InChI=1S/C17H20N2O2/c20-15-10-17(12-19(15)14-4-2-1-3-5-14)8-9-18(11-17)16(21)13-6-7-13/h1-5,13H,6-12H2. The summed E-state index contributed by atoms with van der Waals surface area (Å²) in [5, 5.41) is 0. The van der Waals surface area contributed by atoms with Crippen LogP contribution in [0.5, 0.6) is 0 Å². The Morgan fingerprint density at radius 1 is 1.14 bits per heavy atom. The van der Waals surface area contributed by atoms with Gasteiger partial charge in [0.05, 0.1) is 0 Å². The minimum absolute atomic E-state index is 0.0164. The Balaban J connectivity index is 1.50. The van der Waals surface area contributed by atoms with Crippen molar-refractivity contribution in [1.82, 2.24) is 4.90 Å². The Morgan fingerprint density at radius 3 is 2.62 bits per heavy atom. The lowest BCUT2D eigenvalue weighted by atomic mass is 9.86. The fourth-order valence-corrected chi connectivity index (χ4v) is 3.72. The van der Waals surface area contributed by atoms with Gasteiger partial charge < -0.3 is 9.80 Å². The summed E-state index contributed by atoms with van der Waals surface area (Å²) >= 11 is 0. The van der Waals surface area contributed by atoms with Crippen LogP contribution in [0.25, 0.3) is 0 Å². The summed E-state index contributed by atoms with van der Waals surface area (Å²) in [7, 11) is 0. The van der Waals surface area contributed by atoms with Gasteiger partial charge in [-0.3, -0.25) is 9.59 Å². The van der Waals surface area contributed by atoms with E-state index in [4.69, 9.17) is 0 Å². The molecular weight excluding hydrogens is 264 g/mol. The fraction of sp³-hybridized carbons (Fsp3) is 0.529. The molecule has 0 aromatic heterocycles. The monoisotopic (exact) mass is 284 g/mol. The van der Waals surface area contributed by atoms with Crippen molar-refractivity contribution in [2.45, 2.75) is 25.7 Å². The molecule has 3 aliphatic rings. The summed E-state index contributed by atoms with van der Waals surface area (Å²) in [4.78, 5) is 28.5. The first-order valence-electron chi connectivity index (χ1n) is 7.81. The number of amides is 2. The minimum Gasteiger partial charge on any atom is -0.342 e. The van der Waals surface area contributed by atoms with E-state index in [1.807, 2.05) is 40.1 Å². The predicted octanol–water partition coefficient (Wildman–Crippen LogP) is 2.05. The molecule has 21 heavy (non-hydrogen) atoms. The van der Waals surface area contributed by atoms with Crippen molar-refractivity contribution in [2.75, 3.05) is 24.5 Å². The maximum Gasteiger partial charge on any atom is 0.227 e. The Morgan fingerprint density at radius 2 is 1.90 bits per heavy atom. The van der Waals surface area contributed by atoms with Crippen molar-refractivity contribution in [2.24, 2.45) is 11.3 Å². The smallest absolute Gasteiger partial charge is 0.227 e. The predicted molar refractivity (Wildman–Crippen MR) is 79.8 cm³/mol. The molecule has 1 aromatic rings. The lowest BCUT2D eigenvalue weighted by Crippen LogP contribution is -2.34. The van der Waals surface area contributed by atoms with Gasteiger partial charge in [0, 0.05) is 43.1 Å². The SMILES string of the molecule is O=C(C1CC1)N1CCC2(CC(=O)N(c3ccccc3)C2)C1. The maximum absolute atomic E-state index is 12.4. The molecule has 4 heteroatoms. The van der Waals surface area contributed by atoms with Crippen LogP contribution in [0.3, 0.4) is 0 Å². The second kappa shape index (κ2) is 4.58. The number of anilines is 1. The van der Waals surface area contributed by atoms with Gasteiger partial charge in [-0.05, 0) is 31.4 Å². The molecule has 1 spiro atoms.